The molecule has 1 rings (SSSR count). The van der Waals surface area contributed by atoms with Gasteiger partial charge in [0.15, 0.2) is 0 Å². The normalized spacial score (nSPS) is 14.6. The van der Waals surface area contributed by atoms with Gasteiger partial charge in [0.25, 0.3) is 0 Å². The van der Waals surface area contributed by atoms with Gasteiger partial charge in [-0.15, -0.1) is 0 Å². The molecule has 0 saturated heterocycles. The highest BCUT2D eigenvalue weighted by Crippen LogP contribution is 2.61. The summed E-state index contributed by atoms with van der Waals surface area (Å²) < 4.78 is 24.7. The summed E-state index contributed by atoms with van der Waals surface area (Å²) in [6.45, 7) is 3.02. The average molecular weight is 587 g/mol. The van der Waals surface area contributed by atoms with Crippen LogP contribution in [0.4, 0.5) is 4.79 Å². The lowest BCUT2D eigenvalue weighted by Crippen LogP contribution is -2.17. The van der Waals surface area contributed by atoms with Gasteiger partial charge in [-0.25, -0.2) is 4.79 Å². The van der Waals surface area contributed by atoms with E-state index in [0.717, 1.165) is 43.5 Å². The van der Waals surface area contributed by atoms with Crippen molar-refractivity contribution in [2.24, 2.45) is 0 Å². The smallest absolute Gasteiger partial charge is 0.376 e. The van der Waals surface area contributed by atoms with E-state index < -0.39 is 12.3 Å². The highest BCUT2D eigenvalue weighted by atomic mass is 32.7. The Morgan fingerprint density at radius 1 is 0.846 bits per heavy atom. The molecule has 0 amide bonds. The van der Waals surface area contributed by atoms with E-state index in [2.05, 4.69) is 30.9 Å². The van der Waals surface area contributed by atoms with Gasteiger partial charge in [0.05, 0.1) is 12.7 Å². The first-order valence-electron chi connectivity index (χ1n) is 15.4. The van der Waals surface area contributed by atoms with Crippen molar-refractivity contribution in [2.45, 2.75) is 136 Å². The minimum absolute atomic E-state index is 0.0102. The van der Waals surface area contributed by atoms with Gasteiger partial charge in [0.1, 0.15) is 0 Å². The zero-order valence-electron chi connectivity index (χ0n) is 24.8. The lowest BCUT2D eigenvalue weighted by Gasteiger charge is -2.20. The third-order valence-electron chi connectivity index (χ3n) is 7.09. The van der Waals surface area contributed by atoms with E-state index in [4.69, 9.17) is 14.5 Å². The Kier molecular flexibility index (Phi) is 22.1. The highest BCUT2D eigenvalue weighted by Gasteiger charge is 2.37. The molecule has 226 valence electrons. The Morgan fingerprint density at radius 2 is 1.41 bits per heavy atom. The number of carbonyl (C=O) groups excluding carboxylic acids is 1. The fourth-order valence-electron chi connectivity index (χ4n) is 4.65. The van der Waals surface area contributed by atoms with E-state index in [9.17, 15) is 9.36 Å². The molecule has 0 radical (unpaired) electrons. The zero-order chi connectivity index (χ0) is 28.6. The van der Waals surface area contributed by atoms with Crippen LogP contribution in [-0.4, -0.2) is 36.0 Å². The lowest BCUT2D eigenvalue weighted by molar-refractivity contribution is -0.168. The molecule has 0 spiro atoms. The maximum absolute atomic E-state index is 13.3. The first kappa shape index (κ1) is 36.2. The van der Waals surface area contributed by atoms with E-state index in [-0.39, 0.29) is 12.7 Å². The van der Waals surface area contributed by atoms with Crippen molar-refractivity contribution < 1.29 is 28.8 Å². The van der Waals surface area contributed by atoms with E-state index in [1.165, 1.54) is 76.2 Å². The summed E-state index contributed by atoms with van der Waals surface area (Å²) in [5.74, 6) is 0.785. The summed E-state index contributed by atoms with van der Waals surface area (Å²) in [5.41, 5.74) is 0.0464. The van der Waals surface area contributed by atoms with Crippen LogP contribution in [0.25, 0.3) is 0 Å². The van der Waals surface area contributed by atoms with Gasteiger partial charge in [-0.2, -0.15) is 5.26 Å². The van der Waals surface area contributed by atoms with Crippen LogP contribution in [0, 0.1) is 0 Å². The molecule has 0 aliphatic heterocycles. The van der Waals surface area contributed by atoms with Crippen molar-refractivity contribution in [1.29, 1.82) is 0 Å². The van der Waals surface area contributed by atoms with Crippen molar-refractivity contribution in [3.63, 3.8) is 0 Å². The second kappa shape index (κ2) is 23.8. The topological polar surface area (TPSA) is 82.1 Å². The summed E-state index contributed by atoms with van der Waals surface area (Å²) >= 11 is 0.958. The fourth-order valence-corrected chi connectivity index (χ4v) is 7.93. The van der Waals surface area contributed by atoms with Crippen molar-refractivity contribution >= 4 is 23.7 Å². The van der Waals surface area contributed by atoms with Crippen LogP contribution < -0.4 is 0 Å². The second-order valence-electron chi connectivity index (χ2n) is 10.6. The predicted molar refractivity (Wildman–Crippen MR) is 165 cm³/mol. The van der Waals surface area contributed by atoms with Crippen molar-refractivity contribution in [1.82, 2.24) is 0 Å². The largest absolute Gasteiger partial charge is 0.434 e. The molecule has 3 atom stereocenters. The SMILES string of the molecule is CCCCCCCCCCOC(C)COP(=O)(SCCC(CCCCCCCC)c1ccccc1)C(=O)OO. The lowest BCUT2D eigenvalue weighted by atomic mass is 9.91. The summed E-state index contributed by atoms with van der Waals surface area (Å²) in [7, 11) is 0. The molecule has 0 saturated carbocycles. The molecule has 0 aromatic heterocycles. The Balaban J connectivity index is 2.46. The summed E-state index contributed by atoms with van der Waals surface area (Å²) in [6.07, 6.45) is 18.8. The van der Waals surface area contributed by atoms with E-state index >= 15 is 0 Å². The van der Waals surface area contributed by atoms with Crippen LogP contribution >= 0.6 is 18.0 Å². The van der Waals surface area contributed by atoms with E-state index in [1.54, 1.807) is 0 Å². The first-order valence-corrected chi connectivity index (χ1v) is 18.6. The van der Waals surface area contributed by atoms with Gasteiger partial charge in [-0.3, -0.25) is 9.45 Å². The molecule has 39 heavy (non-hydrogen) atoms. The Bertz CT molecular complexity index is 763. The molecule has 0 fully saturated rings. The maximum atomic E-state index is 13.3. The third kappa shape index (κ3) is 17.5. The van der Waals surface area contributed by atoms with Gasteiger partial charge in [0, 0.05) is 12.4 Å². The van der Waals surface area contributed by atoms with Gasteiger partial charge in [0.2, 0.25) is 0 Å². The number of hydrogen-bond acceptors (Lipinski definition) is 7. The summed E-state index contributed by atoms with van der Waals surface area (Å²) in [4.78, 5) is 16.1. The Morgan fingerprint density at radius 3 is 2.00 bits per heavy atom. The Hall–Kier alpha value is -0.850. The van der Waals surface area contributed by atoms with E-state index in [0.29, 0.717) is 18.3 Å². The number of unbranched alkanes of at least 4 members (excludes halogenated alkanes) is 12. The molecule has 6 nitrogen and oxygen atoms in total. The molecule has 1 aromatic carbocycles. The number of carbonyl (C=O) groups is 1. The van der Waals surface area contributed by atoms with Crippen LogP contribution in [0.1, 0.15) is 135 Å². The van der Waals surface area contributed by atoms with Gasteiger partial charge in [-0.1, -0.05) is 139 Å². The predicted octanol–water partition coefficient (Wildman–Crippen LogP) is 11.0. The first-order chi connectivity index (χ1) is 19.0. The zero-order valence-corrected chi connectivity index (χ0v) is 26.5. The number of hydrogen-bond donors (Lipinski definition) is 1. The van der Waals surface area contributed by atoms with Crippen LogP contribution in [0.2, 0.25) is 0 Å². The highest BCUT2D eigenvalue weighted by molar-refractivity contribution is 8.61. The molecule has 1 N–H and O–H groups in total. The fraction of sp³-hybridized carbons (Fsp3) is 0.774. The number of rotatable bonds is 26. The van der Waals surface area contributed by atoms with Crippen molar-refractivity contribution in [3.8, 4) is 0 Å². The molecule has 0 bridgehead atoms. The summed E-state index contributed by atoms with van der Waals surface area (Å²) in [6, 6.07) is 10.4. The third-order valence-corrected chi connectivity index (χ3v) is 11.2. The van der Waals surface area contributed by atoms with Crippen LogP contribution in [-0.2, 0) is 18.7 Å². The summed E-state index contributed by atoms with van der Waals surface area (Å²) in [5, 5.41) is 8.97. The minimum Gasteiger partial charge on any atom is -0.376 e. The molecule has 0 heterocycles. The quantitative estimate of drug-likeness (QED) is 0.0500. The average Bonchev–Trinajstić information content (AvgIpc) is 2.96. The monoisotopic (exact) mass is 586 g/mol. The van der Waals surface area contributed by atoms with E-state index in [1.807, 2.05) is 25.1 Å². The molecule has 3 unspecified atom stereocenters. The van der Waals surface area contributed by atoms with Gasteiger partial charge in [-0.05, 0) is 37.7 Å². The minimum atomic E-state index is -3.89. The molecule has 8 heteroatoms. The molecule has 0 aliphatic rings. The van der Waals surface area contributed by atoms with Crippen LogP contribution in [0.5, 0.6) is 0 Å². The standard InChI is InChI=1S/C31H55O6PS/c1-4-6-8-10-12-13-15-20-25-35-28(3)27-36-38(34,31(32)37-33)39-26-24-30(29-21-18-16-19-22-29)23-17-14-11-9-7-5-2/h16,18-19,21-22,28,30,33H,4-15,17,20,23-27H2,1-3H3. The van der Waals surface area contributed by atoms with Gasteiger partial charge >= 0.3 is 12.3 Å². The number of benzene rings is 1. The van der Waals surface area contributed by atoms with Crippen LogP contribution in [0.15, 0.2) is 30.3 Å². The van der Waals surface area contributed by atoms with Crippen LogP contribution in [0.3, 0.4) is 0 Å². The van der Waals surface area contributed by atoms with Gasteiger partial charge < -0.3 is 9.26 Å². The Labute approximate surface area is 242 Å². The molecular formula is C31H55O6PS. The molecule has 1 aromatic rings. The molecular weight excluding hydrogens is 531 g/mol. The number of ether oxygens (including phenoxy) is 1. The molecule has 0 aliphatic carbocycles. The van der Waals surface area contributed by atoms with Crippen molar-refractivity contribution in [2.75, 3.05) is 19.0 Å². The maximum Gasteiger partial charge on any atom is 0.434 e. The second-order valence-corrected chi connectivity index (χ2v) is 15.1. The van der Waals surface area contributed by atoms with Crippen molar-refractivity contribution in [3.05, 3.63) is 35.9 Å².